The fourth-order valence-electron chi connectivity index (χ4n) is 1.11. The molecule has 0 saturated carbocycles. The van der Waals surface area contributed by atoms with E-state index < -0.39 is 10.9 Å². The molecule has 0 atom stereocenters. The Kier molecular flexibility index (Phi) is 2.81. The molecule has 5 heteroatoms. The molecule has 5 nitrogen and oxygen atoms in total. The number of aromatic carboxylic acids is 1. The number of nitro benzene ring substituents is 1. The number of hydrogen-bond donors (Lipinski definition) is 1. The van der Waals surface area contributed by atoms with E-state index in [2.05, 4.69) is 6.92 Å². The first-order valence-corrected chi connectivity index (χ1v) is 3.86. The first-order valence-electron chi connectivity index (χ1n) is 3.86. The van der Waals surface area contributed by atoms with Gasteiger partial charge in [0.1, 0.15) is 0 Å². The van der Waals surface area contributed by atoms with Crippen LogP contribution in [0.4, 0.5) is 5.69 Å². The van der Waals surface area contributed by atoms with Crippen LogP contribution in [-0.4, -0.2) is 16.0 Å². The lowest BCUT2D eigenvalue weighted by molar-refractivity contribution is -0.384. The van der Waals surface area contributed by atoms with E-state index in [1.54, 1.807) is 0 Å². The maximum atomic E-state index is 10.7. The lowest BCUT2D eigenvalue weighted by Gasteiger charge is -2.01. The molecule has 73 valence electrons. The second kappa shape index (κ2) is 3.87. The third kappa shape index (κ3) is 1.87. The molecule has 1 aromatic carbocycles. The molecule has 1 N–H and O–H groups in total. The van der Waals surface area contributed by atoms with Crippen LogP contribution >= 0.6 is 0 Å². The maximum absolute atomic E-state index is 10.7. The Balaban J connectivity index is 3.25. The molecule has 0 aliphatic carbocycles. The number of carboxylic acids is 1. The maximum Gasteiger partial charge on any atom is 0.335 e. The van der Waals surface area contributed by atoms with E-state index >= 15 is 0 Å². The summed E-state index contributed by atoms with van der Waals surface area (Å²) in [5.74, 6) is -1.10. The van der Waals surface area contributed by atoms with Crippen molar-refractivity contribution in [2.24, 2.45) is 0 Å². The van der Waals surface area contributed by atoms with Crippen molar-refractivity contribution in [3.8, 4) is 0 Å². The van der Waals surface area contributed by atoms with Gasteiger partial charge in [-0.25, -0.2) is 4.79 Å². The second-order valence-corrected chi connectivity index (χ2v) is 2.65. The smallest absolute Gasteiger partial charge is 0.335 e. The molecule has 0 amide bonds. The van der Waals surface area contributed by atoms with Crippen molar-refractivity contribution in [1.29, 1.82) is 0 Å². The predicted octanol–water partition coefficient (Wildman–Crippen LogP) is 1.67. The van der Waals surface area contributed by atoms with Gasteiger partial charge in [0.15, 0.2) is 0 Å². The van der Waals surface area contributed by atoms with Crippen molar-refractivity contribution >= 4 is 11.7 Å². The SMILES string of the molecule is [CH2]Cc1cc([N+](=O)[O-])ccc1C(=O)O. The number of rotatable bonds is 3. The molecule has 0 unspecified atom stereocenters. The Morgan fingerprint density at radius 2 is 2.21 bits per heavy atom. The highest BCUT2D eigenvalue weighted by Gasteiger charge is 2.13. The van der Waals surface area contributed by atoms with Crippen LogP contribution < -0.4 is 0 Å². The van der Waals surface area contributed by atoms with Crippen LogP contribution in [0, 0.1) is 17.0 Å². The minimum atomic E-state index is -1.10. The molecule has 0 spiro atoms. The Labute approximate surface area is 80.1 Å². The summed E-state index contributed by atoms with van der Waals surface area (Å²) in [5, 5.41) is 19.1. The topological polar surface area (TPSA) is 80.4 Å². The Hall–Kier alpha value is -1.91. The van der Waals surface area contributed by atoms with Crippen molar-refractivity contribution in [3.63, 3.8) is 0 Å². The van der Waals surface area contributed by atoms with Crippen LogP contribution in [0.15, 0.2) is 18.2 Å². The monoisotopic (exact) mass is 194 g/mol. The zero-order valence-corrected chi connectivity index (χ0v) is 7.27. The van der Waals surface area contributed by atoms with E-state index in [1.807, 2.05) is 0 Å². The number of benzene rings is 1. The lowest BCUT2D eigenvalue weighted by atomic mass is 10.0. The number of carbonyl (C=O) groups is 1. The van der Waals surface area contributed by atoms with Crippen molar-refractivity contribution in [2.75, 3.05) is 0 Å². The highest BCUT2D eigenvalue weighted by Crippen LogP contribution is 2.18. The molecule has 0 aliphatic rings. The summed E-state index contributed by atoms with van der Waals surface area (Å²) in [5.41, 5.74) is 0.311. The van der Waals surface area contributed by atoms with Gasteiger partial charge in [0.2, 0.25) is 0 Å². The van der Waals surface area contributed by atoms with Crippen molar-refractivity contribution < 1.29 is 14.8 Å². The van der Waals surface area contributed by atoms with Crippen LogP contribution in [0.1, 0.15) is 15.9 Å². The molecule has 0 aliphatic heterocycles. The third-order valence-electron chi connectivity index (χ3n) is 1.80. The molecular weight excluding hydrogens is 186 g/mol. The zero-order chi connectivity index (χ0) is 10.7. The molecule has 1 rings (SSSR count). The van der Waals surface area contributed by atoms with Gasteiger partial charge in [0.05, 0.1) is 10.5 Å². The lowest BCUT2D eigenvalue weighted by Crippen LogP contribution is -2.02. The van der Waals surface area contributed by atoms with E-state index in [1.165, 1.54) is 18.2 Å². The highest BCUT2D eigenvalue weighted by molar-refractivity contribution is 5.89. The van der Waals surface area contributed by atoms with Crippen LogP contribution in [-0.2, 0) is 6.42 Å². The summed E-state index contributed by atoms with van der Waals surface area (Å²) in [7, 11) is 0. The van der Waals surface area contributed by atoms with Crippen molar-refractivity contribution in [1.82, 2.24) is 0 Å². The molecule has 1 aromatic rings. The Morgan fingerprint density at radius 3 is 2.64 bits per heavy atom. The number of nitrogens with zero attached hydrogens (tertiary/aromatic N) is 1. The fourth-order valence-corrected chi connectivity index (χ4v) is 1.11. The van der Waals surface area contributed by atoms with Gasteiger partial charge in [-0.15, -0.1) is 0 Å². The molecule has 14 heavy (non-hydrogen) atoms. The molecule has 0 fully saturated rings. The summed E-state index contributed by atoms with van der Waals surface area (Å²) in [6, 6.07) is 3.63. The summed E-state index contributed by atoms with van der Waals surface area (Å²) in [4.78, 5) is 20.5. The van der Waals surface area contributed by atoms with E-state index in [4.69, 9.17) is 5.11 Å². The number of nitro groups is 1. The fraction of sp³-hybridized carbons (Fsp3) is 0.111. The van der Waals surface area contributed by atoms with Gasteiger partial charge in [-0.2, -0.15) is 0 Å². The first kappa shape index (κ1) is 10.2. The first-order chi connectivity index (χ1) is 6.56. The van der Waals surface area contributed by atoms with Gasteiger partial charge in [-0.1, -0.05) is 0 Å². The van der Waals surface area contributed by atoms with Crippen molar-refractivity contribution in [3.05, 3.63) is 46.4 Å². The minimum Gasteiger partial charge on any atom is -0.478 e. The average Bonchev–Trinajstić information content (AvgIpc) is 2.16. The summed E-state index contributed by atoms with van der Waals surface area (Å²) >= 11 is 0. The summed E-state index contributed by atoms with van der Waals surface area (Å²) in [6.07, 6.45) is 0.212. The van der Waals surface area contributed by atoms with E-state index in [9.17, 15) is 14.9 Å². The van der Waals surface area contributed by atoms with Crippen LogP contribution in [0.2, 0.25) is 0 Å². The summed E-state index contributed by atoms with van der Waals surface area (Å²) in [6.45, 7) is 3.51. The largest absolute Gasteiger partial charge is 0.478 e. The van der Waals surface area contributed by atoms with Gasteiger partial charge in [0, 0.05) is 12.1 Å². The highest BCUT2D eigenvalue weighted by atomic mass is 16.6. The predicted molar refractivity (Wildman–Crippen MR) is 49.1 cm³/mol. The molecular formula is C9H8NO4. The van der Waals surface area contributed by atoms with Crippen LogP contribution in [0.5, 0.6) is 0 Å². The molecule has 1 radical (unpaired) electrons. The molecule has 0 saturated heterocycles. The van der Waals surface area contributed by atoms with Crippen LogP contribution in [0.25, 0.3) is 0 Å². The van der Waals surface area contributed by atoms with Gasteiger partial charge in [-0.05, 0) is 25.0 Å². The Morgan fingerprint density at radius 1 is 1.57 bits per heavy atom. The van der Waals surface area contributed by atoms with E-state index in [0.29, 0.717) is 5.56 Å². The normalized spacial score (nSPS) is 9.79. The zero-order valence-electron chi connectivity index (χ0n) is 7.27. The standard InChI is InChI=1S/C9H8NO4/c1-2-6-5-7(10(13)14)3-4-8(6)9(11)12/h3-5H,1-2H2,(H,11,12). The third-order valence-corrected chi connectivity index (χ3v) is 1.80. The number of non-ortho nitro benzene ring substituents is 1. The van der Waals surface area contributed by atoms with E-state index in [-0.39, 0.29) is 17.7 Å². The molecule has 0 heterocycles. The number of carboxylic acid groups (broad SMARTS) is 1. The summed E-state index contributed by atoms with van der Waals surface area (Å²) < 4.78 is 0. The quantitative estimate of drug-likeness (QED) is 0.586. The Bertz CT molecular complexity index is 386. The van der Waals surface area contributed by atoms with Gasteiger partial charge in [-0.3, -0.25) is 10.1 Å². The second-order valence-electron chi connectivity index (χ2n) is 2.65. The van der Waals surface area contributed by atoms with Gasteiger partial charge >= 0.3 is 5.97 Å². The number of hydrogen-bond acceptors (Lipinski definition) is 3. The minimum absolute atomic E-state index is 0.0607. The van der Waals surface area contributed by atoms with E-state index in [0.717, 1.165) is 0 Å². The van der Waals surface area contributed by atoms with Crippen molar-refractivity contribution in [2.45, 2.75) is 6.42 Å². The van der Waals surface area contributed by atoms with Crippen LogP contribution in [0.3, 0.4) is 0 Å². The van der Waals surface area contributed by atoms with Gasteiger partial charge in [0.25, 0.3) is 5.69 Å². The average molecular weight is 194 g/mol. The van der Waals surface area contributed by atoms with Gasteiger partial charge < -0.3 is 5.11 Å². The molecule has 0 bridgehead atoms. The molecule has 0 aromatic heterocycles.